The molecule has 4 nitrogen and oxygen atoms in total. The van der Waals surface area contributed by atoms with Crippen LogP contribution in [0.25, 0.3) is 65.1 Å². The third-order valence-corrected chi connectivity index (χ3v) is 6.75. The molecule has 0 spiro atoms. The predicted octanol–water partition coefficient (Wildman–Crippen LogP) is 6.98. The van der Waals surface area contributed by atoms with Crippen LogP contribution in [0.3, 0.4) is 0 Å². The van der Waals surface area contributed by atoms with Gasteiger partial charge >= 0.3 is 0 Å². The van der Waals surface area contributed by atoms with E-state index in [1.54, 1.807) is 0 Å². The van der Waals surface area contributed by atoms with Gasteiger partial charge in [0, 0.05) is 16.2 Å². The lowest BCUT2D eigenvalue weighted by Crippen LogP contribution is -2.23. The third-order valence-electron chi connectivity index (χ3n) is 6.75. The largest absolute Gasteiger partial charge is 0.467 e. The first-order valence-corrected chi connectivity index (χ1v) is 10.6. The van der Waals surface area contributed by atoms with Gasteiger partial charge in [0.25, 0.3) is 5.65 Å². The fraction of sp³-hybridized carbons (Fsp3) is 0.0714. The lowest BCUT2D eigenvalue weighted by Gasteiger charge is -2.07. The Balaban J connectivity index is 1.95. The van der Waals surface area contributed by atoms with Crippen LogP contribution in [0, 0.1) is 13.5 Å². The Bertz CT molecular complexity index is 1960. The number of imidazole rings is 1. The van der Waals surface area contributed by atoms with Gasteiger partial charge in [-0.2, -0.15) is 4.40 Å². The fourth-order valence-corrected chi connectivity index (χ4v) is 5.39. The van der Waals surface area contributed by atoms with Gasteiger partial charge in [-0.3, -0.25) is 0 Å². The monoisotopic (exact) mass is 412 g/mol. The van der Waals surface area contributed by atoms with E-state index >= 15 is 0 Å². The molecule has 0 N–H and O–H groups in total. The molecule has 0 fully saturated rings. The van der Waals surface area contributed by atoms with E-state index in [0.29, 0.717) is 11.3 Å². The number of aromatic nitrogens is 2. The van der Waals surface area contributed by atoms with Gasteiger partial charge in [-0.1, -0.05) is 54.6 Å². The molecule has 3 heterocycles. The normalized spacial score (nSPS) is 12.0. The minimum absolute atomic E-state index is 0.542. The molecule has 0 unspecified atom stereocenters. The molecule has 0 aliphatic carbocycles. The van der Waals surface area contributed by atoms with Gasteiger partial charge in [-0.15, -0.1) is 0 Å². The van der Waals surface area contributed by atoms with Gasteiger partial charge in [0.2, 0.25) is 5.69 Å². The van der Waals surface area contributed by atoms with Crippen molar-refractivity contribution < 1.29 is 8.82 Å². The summed E-state index contributed by atoms with van der Waals surface area (Å²) >= 11 is 0. The second kappa shape index (κ2) is 5.87. The lowest BCUT2D eigenvalue weighted by molar-refractivity contribution is -0.448. The Labute approximate surface area is 183 Å². The second-order valence-corrected chi connectivity index (χ2v) is 8.41. The zero-order valence-corrected chi connectivity index (χ0v) is 17.7. The van der Waals surface area contributed by atoms with Crippen LogP contribution in [0.5, 0.6) is 0 Å². The summed E-state index contributed by atoms with van der Waals surface area (Å²) in [5, 5.41) is 5.72. The zero-order chi connectivity index (χ0) is 21.6. The van der Waals surface area contributed by atoms with Crippen LogP contribution in [0.1, 0.15) is 5.56 Å². The summed E-state index contributed by atoms with van der Waals surface area (Å²) in [7, 11) is 2.10. The molecule has 7 rings (SSSR count). The summed E-state index contributed by atoms with van der Waals surface area (Å²) in [5.74, 6) is 0. The molecule has 0 saturated heterocycles. The van der Waals surface area contributed by atoms with Crippen molar-refractivity contribution in [2.75, 3.05) is 0 Å². The average molecular weight is 412 g/mol. The summed E-state index contributed by atoms with van der Waals surface area (Å²) in [6.07, 6.45) is 0. The smallest absolute Gasteiger partial charge is 0.295 e. The molecule has 4 aromatic carbocycles. The van der Waals surface area contributed by atoms with Crippen molar-refractivity contribution in [3.05, 3.63) is 89.8 Å². The van der Waals surface area contributed by atoms with E-state index in [0.717, 1.165) is 38.6 Å². The average Bonchev–Trinajstić information content (AvgIpc) is 3.35. The topological polar surface area (TPSA) is 26.5 Å². The molecule has 0 saturated carbocycles. The first-order valence-electron chi connectivity index (χ1n) is 10.6. The number of furan rings is 1. The number of benzene rings is 4. The first-order chi connectivity index (χ1) is 15.7. The Hall–Kier alpha value is -4.36. The van der Waals surface area contributed by atoms with E-state index < -0.39 is 0 Å². The minimum atomic E-state index is 0.542. The van der Waals surface area contributed by atoms with Crippen molar-refractivity contribution in [2.45, 2.75) is 6.92 Å². The zero-order valence-electron chi connectivity index (χ0n) is 17.7. The van der Waals surface area contributed by atoms with E-state index in [4.69, 9.17) is 11.0 Å². The van der Waals surface area contributed by atoms with Crippen LogP contribution in [0.4, 0.5) is 5.69 Å². The lowest BCUT2D eigenvalue weighted by atomic mass is 10.0. The van der Waals surface area contributed by atoms with Gasteiger partial charge in [0.1, 0.15) is 16.7 Å². The van der Waals surface area contributed by atoms with Crippen molar-refractivity contribution in [3.8, 4) is 0 Å². The van der Waals surface area contributed by atoms with Crippen LogP contribution >= 0.6 is 0 Å². The van der Waals surface area contributed by atoms with Crippen LogP contribution < -0.4 is 4.40 Å². The Morgan fingerprint density at radius 2 is 1.62 bits per heavy atom. The SMILES string of the molecule is [C-]#[N+]c1cc2c(c3c1oc1ccccc13)[n+]1c3ccccc3c3cccc(C)c3c1n2C. The maximum atomic E-state index is 7.82. The molecule has 0 bridgehead atoms. The van der Waals surface area contributed by atoms with Gasteiger partial charge in [0.05, 0.1) is 24.4 Å². The van der Waals surface area contributed by atoms with Crippen molar-refractivity contribution in [1.29, 1.82) is 0 Å². The number of para-hydroxylation sites is 2. The Kier molecular flexibility index (Phi) is 3.18. The Morgan fingerprint density at radius 1 is 0.875 bits per heavy atom. The third kappa shape index (κ3) is 1.94. The predicted molar refractivity (Wildman–Crippen MR) is 129 cm³/mol. The van der Waals surface area contributed by atoms with Crippen LogP contribution in [0.2, 0.25) is 0 Å². The molecule has 0 atom stereocenters. The Morgan fingerprint density at radius 3 is 2.47 bits per heavy atom. The van der Waals surface area contributed by atoms with Gasteiger partial charge in [0.15, 0.2) is 11.0 Å². The van der Waals surface area contributed by atoms with E-state index in [2.05, 4.69) is 76.3 Å². The molecule has 0 radical (unpaired) electrons. The highest BCUT2D eigenvalue weighted by Gasteiger charge is 2.29. The van der Waals surface area contributed by atoms with Gasteiger partial charge in [-0.05, 0) is 30.7 Å². The number of rotatable bonds is 0. The second-order valence-electron chi connectivity index (χ2n) is 8.41. The number of hydrogen-bond acceptors (Lipinski definition) is 1. The minimum Gasteiger partial charge on any atom is -0.467 e. The van der Waals surface area contributed by atoms with Crippen LogP contribution in [-0.4, -0.2) is 4.57 Å². The van der Waals surface area contributed by atoms with E-state index in [1.807, 2.05) is 24.3 Å². The van der Waals surface area contributed by atoms with Crippen molar-refractivity contribution >= 4 is 66.0 Å². The molecular formula is C28H18N3O+. The molecule has 0 aliphatic rings. The maximum absolute atomic E-state index is 7.82. The summed E-state index contributed by atoms with van der Waals surface area (Å²) in [5.41, 5.74) is 7.61. The molecule has 4 heteroatoms. The number of fused-ring (bicyclic) bond motifs is 12. The highest BCUT2D eigenvalue weighted by molar-refractivity contribution is 6.21. The molecule has 150 valence electrons. The first kappa shape index (κ1) is 17.3. The van der Waals surface area contributed by atoms with Crippen molar-refractivity contribution in [2.24, 2.45) is 7.05 Å². The summed E-state index contributed by atoms with van der Waals surface area (Å²) in [4.78, 5) is 3.83. The summed E-state index contributed by atoms with van der Waals surface area (Å²) < 4.78 is 10.8. The molecule has 0 amide bonds. The maximum Gasteiger partial charge on any atom is 0.295 e. The standard InChI is InChI=1S/C28H18N3O/c1-16-9-8-12-18-17-10-4-6-13-21(17)31-26-22(30(3)28(31)24(16)18)15-20(29-2)27-25(26)19-11-5-7-14-23(19)32-27/h4-15H,1,3H3/q+1. The molecule has 7 aromatic rings. The van der Waals surface area contributed by atoms with Gasteiger partial charge in [-0.25, -0.2) is 9.41 Å². The van der Waals surface area contributed by atoms with Crippen molar-refractivity contribution in [1.82, 2.24) is 4.57 Å². The van der Waals surface area contributed by atoms with E-state index in [1.165, 1.54) is 21.7 Å². The molecular weight excluding hydrogens is 394 g/mol. The molecule has 0 aliphatic heterocycles. The van der Waals surface area contributed by atoms with Crippen molar-refractivity contribution in [3.63, 3.8) is 0 Å². The molecule has 32 heavy (non-hydrogen) atoms. The van der Waals surface area contributed by atoms with Crippen LogP contribution in [0.15, 0.2) is 77.2 Å². The number of pyridine rings is 1. The number of aryl methyl sites for hydroxylation is 2. The molecule has 3 aromatic heterocycles. The van der Waals surface area contributed by atoms with Crippen LogP contribution in [-0.2, 0) is 7.05 Å². The highest BCUT2D eigenvalue weighted by atomic mass is 16.3. The van der Waals surface area contributed by atoms with E-state index in [-0.39, 0.29) is 0 Å². The van der Waals surface area contributed by atoms with E-state index in [9.17, 15) is 0 Å². The van der Waals surface area contributed by atoms with Gasteiger partial charge < -0.3 is 4.42 Å². The highest BCUT2D eigenvalue weighted by Crippen LogP contribution is 2.41. The summed E-state index contributed by atoms with van der Waals surface area (Å²) in [6, 6.07) is 25.1. The fourth-order valence-electron chi connectivity index (χ4n) is 5.39. The summed E-state index contributed by atoms with van der Waals surface area (Å²) in [6.45, 7) is 9.99. The number of hydrogen-bond donors (Lipinski definition) is 0. The quantitative estimate of drug-likeness (QED) is 0.150. The number of nitrogens with zero attached hydrogens (tertiary/aromatic N) is 3.